The predicted molar refractivity (Wildman–Crippen MR) is 51.2 cm³/mol. The predicted octanol–water partition coefficient (Wildman–Crippen LogP) is 1.80. The third kappa shape index (κ3) is 1.14. The van der Waals surface area contributed by atoms with Gasteiger partial charge in [0.05, 0.1) is 11.3 Å². The highest BCUT2D eigenvalue weighted by atomic mass is 16.6. The first kappa shape index (κ1) is 8.68. The third-order valence-electron chi connectivity index (χ3n) is 2.19. The van der Waals surface area contributed by atoms with Gasteiger partial charge in [0, 0.05) is 18.0 Å². The van der Waals surface area contributed by atoms with Crippen molar-refractivity contribution in [2.45, 2.75) is 13.3 Å². The van der Waals surface area contributed by atoms with Gasteiger partial charge in [-0.05, 0) is 12.5 Å². The van der Waals surface area contributed by atoms with Crippen LogP contribution in [-0.2, 0) is 6.42 Å². The van der Waals surface area contributed by atoms with Crippen LogP contribution >= 0.6 is 0 Å². The van der Waals surface area contributed by atoms with Crippen molar-refractivity contribution in [3.63, 3.8) is 0 Å². The first-order valence-corrected chi connectivity index (χ1v) is 4.32. The van der Waals surface area contributed by atoms with Crippen molar-refractivity contribution in [1.29, 1.82) is 0 Å². The lowest BCUT2D eigenvalue weighted by atomic mass is 10.2. The van der Waals surface area contributed by atoms with Crippen LogP contribution in [0.5, 0.6) is 0 Å². The monoisotopic (exact) mass is 191 g/mol. The van der Waals surface area contributed by atoms with E-state index in [0.29, 0.717) is 11.9 Å². The molecule has 0 atom stereocenters. The van der Waals surface area contributed by atoms with E-state index < -0.39 is 0 Å². The molecule has 14 heavy (non-hydrogen) atoms. The summed E-state index contributed by atoms with van der Waals surface area (Å²) in [6.07, 6.45) is 5.53. The molecule has 0 aliphatic heterocycles. The number of hydrogen-bond acceptors (Lipinski definition) is 3. The molecule has 0 N–H and O–H groups in total. The van der Waals surface area contributed by atoms with E-state index in [0.717, 1.165) is 5.56 Å². The second-order valence-corrected chi connectivity index (χ2v) is 2.99. The molecule has 0 fully saturated rings. The van der Waals surface area contributed by atoms with Gasteiger partial charge in [0.25, 0.3) is 5.69 Å². The maximum Gasteiger partial charge on any atom is 0.297 e. The molecule has 0 spiro atoms. The van der Waals surface area contributed by atoms with Crippen molar-refractivity contribution in [3.05, 3.63) is 40.5 Å². The van der Waals surface area contributed by atoms with Gasteiger partial charge in [0.2, 0.25) is 0 Å². The van der Waals surface area contributed by atoms with E-state index in [1.807, 2.05) is 6.92 Å². The van der Waals surface area contributed by atoms with Gasteiger partial charge in [-0.15, -0.1) is 0 Å². The fourth-order valence-corrected chi connectivity index (χ4v) is 1.54. The van der Waals surface area contributed by atoms with Crippen LogP contribution in [0.15, 0.2) is 24.8 Å². The molecule has 0 saturated carbocycles. The van der Waals surface area contributed by atoms with Crippen molar-refractivity contribution in [1.82, 2.24) is 9.38 Å². The second kappa shape index (κ2) is 3.10. The molecule has 0 amide bonds. The smallest absolute Gasteiger partial charge is 0.297 e. The Bertz CT molecular complexity index is 490. The number of hydrogen-bond donors (Lipinski definition) is 0. The van der Waals surface area contributed by atoms with E-state index in [2.05, 4.69) is 4.98 Å². The van der Waals surface area contributed by atoms with Gasteiger partial charge < -0.3 is 4.40 Å². The van der Waals surface area contributed by atoms with E-state index in [1.54, 1.807) is 29.2 Å². The van der Waals surface area contributed by atoms with E-state index in [-0.39, 0.29) is 10.6 Å². The number of fused-ring (bicyclic) bond motifs is 1. The fraction of sp³-hybridized carbons (Fsp3) is 0.222. The minimum Gasteiger partial charge on any atom is -0.301 e. The molecular weight excluding hydrogens is 182 g/mol. The van der Waals surface area contributed by atoms with Gasteiger partial charge in [0.1, 0.15) is 5.52 Å². The number of nitro groups is 1. The Hall–Kier alpha value is -1.91. The van der Waals surface area contributed by atoms with Crippen LogP contribution in [0, 0.1) is 10.1 Å². The highest BCUT2D eigenvalue weighted by molar-refractivity contribution is 5.69. The summed E-state index contributed by atoms with van der Waals surface area (Å²) in [7, 11) is 0. The zero-order chi connectivity index (χ0) is 10.1. The molecule has 0 radical (unpaired) electrons. The molecule has 0 aromatic carbocycles. The Labute approximate surface area is 80.2 Å². The zero-order valence-electron chi connectivity index (χ0n) is 7.67. The summed E-state index contributed by atoms with van der Waals surface area (Å²) in [5.41, 5.74) is 1.53. The average Bonchev–Trinajstić information content (AvgIpc) is 2.55. The summed E-state index contributed by atoms with van der Waals surface area (Å²) in [5, 5.41) is 10.8. The largest absolute Gasteiger partial charge is 0.301 e. The standard InChI is InChI=1S/C9H9N3O2/c1-2-7-5-11-6-10-4-3-8(11)9(7)12(13)14/h3-6H,2H2,1H3. The first-order valence-electron chi connectivity index (χ1n) is 4.32. The normalized spacial score (nSPS) is 10.6. The van der Waals surface area contributed by atoms with Crippen molar-refractivity contribution >= 4 is 11.2 Å². The van der Waals surface area contributed by atoms with Gasteiger partial charge in [-0.2, -0.15) is 0 Å². The summed E-state index contributed by atoms with van der Waals surface area (Å²) >= 11 is 0. The van der Waals surface area contributed by atoms with Gasteiger partial charge in [-0.3, -0.25) is 10.1 Å². The topological polar surface area (TPSA) is 60.4 Å². The van der Waals surface area contributed by atoms with Crippen molar-refractivity contribution in [3.8, 4) is 0 Å². The summed E-state index contributed by atoms with van der Waals surface area (Å²) in [5.74, 6) is 0. The lowest BCUT2D eigenvalue weighted by Crippen LogP contribution is -1.90. The van der Waals surface area contributed by atoms with Crippen LogP contribution in [0.2, 0.25) is 0 Å². The Morgan fingerprint density at radius 2 is 2.43 bits per heavy atom. The molecule has 0 bridgehead atoms. The van der Waals surface area contributed by atoms with E-state index in [1.165, 1.54) is 0 Å². The lowest BCUT2D eigenvalue weighted by molar-refractivity contribution is -0.383. The highest BCUT2D eigenvalue weighted by Crippen LogP contribution is 2.26. The van der Waals surface area contributed by atoms with Crippen molar-refractivity contribution in [2.24, 2.45) is 0 Å². The van der Waals surface area contributed by atoms with Crippen LogP contribution in [0.3, 0.4) is 0 Å². The van der Waals surface area contributed by atoms with Crippen LogP contribution in [0.1, 0.15) is 12.5 Å². The van der Waals surface area contributed by atoms with Crippen LogP contribution in [0.25, 0.3) is 5.52 Å². The lowest BCUT2D eigenvalue weighted by Gasteiger charge is -1.91. The van der Waals surface area contributed by atoms with Crippen molar-refractivity contribution in [2.75, 3.05) is 0 Å². The maximum absolute atomic E-state index is 10.8. The fourth-order valence-electron chi connectivity index (χ4n) is 1.54. The Morgan fingerprint density at radius 3 is 3.07 bits per heavy atom. The molecule has 0 unspecified atom stereocenters. The Morgan fingerprint density at radius 1 is 1.64 bits per heavy atom. The molecule has 0 aliphatic rings. The van der Waals surface area contributed by atoms with E-state index >= 15 is 0 Å². The number of rotatable bonds is 2. The maximum atomic E-state index is 10.8. The number of aromatic nitrogens is 2. The van der Waals surface area contributed by atoms with E-state index in [4.69, 9.17) is 0 Å². The number of nitrogens with zero attached hydrogens (tertiary/aromatic N) is 3. The molecule has 2 aromatic heterocycles. The molecule has 5 heteroatoms. The average molecular weight is 191 g/mol. The van der Waals surface area contributed by atoms with Gasteiger partial charge in [-0.25, -0.2) is 4.98 Å². The molecule has 72 valence electrons. The Kier molecular flexibility index (Phi) is 1.92. The Balaban J connectivity index is 2.81. The minimum absolute atomic E-state index is 0.190. The molecule has 2 rings (SSSR count). The second-order valence-electron chi connectivity index (χ2n) is 2.99. The first-order chi connectivity index (χ1) is 6.74. The third-order valence-corrected chi connectivity index (χ3v) is 2.19. The van der Waals surface area contributed by atoms with Crippen LogP contribution < -0.4 is 0 Å². The molecule has 2 aromatic rings. The van der Waals surface area contributed by atoms with Crippen LogP contribution in [-0.4, -0.2) is 14.3 Å². The number of aryl methyl sites for hydroxylation is 1. The molecular formula is C9H9N3O2. The quantitative estimate of drug-likeness (QED) is 0.537. The SMILES string of the molecule is CCc1cn2cnccc2c1[N+](=O)[O-]. The van der Waals surface area contributed by atoms with Gasteiger partial charge in [0.15, 0.2) is 0 Å². The molecule has 5 nitrogen and oxygen atoms in total. The van der Waals surface area contributed by atoms with Crippen LogP contribution in [0.4, 0.5) is 5.69 Å². The minimum atomic E-state index is -0.339. The van der Waals surface area contributed by atoms with Gasteiger partial charge in [-0.1, -0.05) is 6.92 Å². The molecule has 2 heterocycles. The summed E-state index contributed by atoms with van der Waals surface area (Å²) in [4.78, 5) is 14.4. The van der Waals surface area contributed by atoms with E-state index in [9.17, 15) is 10.1 Å². The summed E-state index contributed by atoms with van der Waals surface area (Å²) in [6, 6.07) is 1.65. The van der Waals surface area contributed by atoms with Gasteiger partial charge >= 0.3 is 0 Å². The summed E-state index contributed by atoms with van der Waals surface area (Å²) < 4.78 is 1.68. The van der Waals surface area contributed by atoms with Crippen molar-refractivity contribution < 1.29 is 4.92 Å². The summed E-state index contributed by atoms with van der Waals surface area (Å²) in [6.45, 7) is 1.90. The molecule has 0 aliphatic carbocycles. The molecule has 0 saturated heterocycles. The zero-order valence-corrected chi connectivity index (χ0v) is 7.67. The highest BCUT2D eigenvalue weighted by Gasteiger charge is 2.19.